The smallest absolute Gasteiger partial charge is 0.178 e. The van der Waals surface area contributed by atoms with Crippen molar-refractivity contribution in [2.75, 3.05) is 0 Å². The van der Waals surface area contributed by atoms with Gasteiger partial charge in [-0.25, -0.2) is 19.9 Å². The molecule has 0 saturated heterocycles. The van der Waals surface area contributed by atoms with Crippen LogP contribution in [0, 0.1) is 34.6 Å². The van der Waals surface area contributed by atoms with E-state index < -0.39 is 0 Å². The normalized spacial score (nSPS) is 11.0. The first-order valence-electron chi connectivity index (χ1n) is 14.0. The van der Waals surface area contributed by atoms with Gasteiger partial charge in [0.05, 0.1) is 0 Å². The molecule has 0 aliphatic heterocycles. The molecule has 0 fully saturated rings. The molecule has 0 aliphatic rings. The molecule has 0 N–H and O–H groups in total. The highest BCUT2D eigenvalue weighted by Crippen LogP contribution is 2.13. The van der Waals surface area contributed by atoms with Crippen molar-refractivity contribution in [2.45, 2.75) is 48.5 Å². The SMILES string of the molecule is C=C/C(C)=C\N=C(C)c1ccc(C)cc1.Cc1ccc(-c2ncc(C)cn2)nc1.Cc1cnc(-c2ccc(C)nc2)nc1. The van der Waals surface area contributed by atoms with Crippen LogP contribution in [0.5, 0.6) is 0 Å². The predicted molar refractivity (Wildman–Crippen MR) is 177 cm³/mol. The quantitative estimate of drug-likeness (QED) is 0.157. The van der Waals surface area contributed by atoms with E-state index in [0.29, 0.717) is 5.82 Å². The Hall–Kier alpha value is -5.17. The van der Waals surface area contributed by atoms with Crippen molar-refractivity contribution in [3.05, 3.63) is 144 Å². The van der Waals surface area contributed by atoms with Gasteiger partial charge in [-0.1, -0.05) is 48.6 Å². The summed E-state index contributed by atoms with van der Waals surface area (Å²) in [4.78, 5) is 29.7. The van der Waals surface area contributed by atoms with Crippen molar-refractivity contribution in [1.29, 1.82) is 0 Å². The van der Waals surface area contributed by atoms with Gasteiger partial charge >= 0.3 is 0 Å². The Morgan fingerprint density at radius 1 is 0.581 bits per heavy atom. The van der Waals surface area contributed by atoms with Gasteiger partial charge in [0, 0.05) is 60.4 Å². The molecule has 0 atom stereocenters. The lowest BCUT2D eigenvalue weighted by Crippen LogP contribution is -1.93. The first kappa shape index (κ1) is 32.3. The number of hydrogen-bond donors (Lipinski definition) is 0. The number of hydrogen-bond acceptors (Lipinski definition) is 7. The van der Waals surface area contributed by atoms with Crippen LogP contribution < -0.4 is 0 Å². The number of aryl methyl sites for hydroxylation is 5. The molecule has 0 aliphatic carbocycles. The van der Waals surface area contributed by atoms with E-state index in [-0.39, 0.29) is 0 Å². The number of benzene rings is 1. The second-order valence-electron chi connectivity index (χ2n) is 10.2. The molecule has 5 rings (SSSR count). The Morgan fingerprint density at radius 3 is 1.65 bits per heavy atom. The Kier molecular flexibility index (Phi) is 12.3. The van der Waals surface area contributed by atoms with E-state index in [1.807, 2.05) is 90.6 Å². The summed E-state index contributed by atoms with van der Waals surface area (Å²) in [6, 6.07) is 16.2. The van der Waals surface area contributed by atoms with Gasteiger partial charge in [0.1, 0.15) is 5.69 Å². The number of aromatic nitrogens is 6. The third kappa shape index (κ3) is 11.0. The van der Waals surface area contributed by atoms with Crippen molar-refractivity contribution in [3.8, 4) is 22.9 Å². The van der Waals surface area contributed by atoms with E-state index in [2.05, 4.69) is 72.7 Å². The van der Waals surface area contributed by atoms with E-state index in [1.54, 1.807) is 24.7 Å². The standard InChI is InChI=1S/C14H17N.2C11H11N3/c1-5-11(2)10-15-13(4)14-8-6-12(3)7-9-14;1-8-5-13-11(14-6-8)10-4-3-9(2)12-7-10;1-8-3-4-10(12-5-8)11-13-6-9(2)7-14-11/h5-10H,1H2,2-4H3;2*3-7H,1-2H3/b11-10-,15-13?;;. The fraction of sp³-hybridized carbons (Fsp3) is 0.194. The molecule has 5 aromatic rings. The van der Waals surface area contributed by atoms with Gasteiger partial charge in [0.2, 0.25) is 0 Å². The summed E-state index contributed by atoms with van der Waals surface area (Å²) in [5.41, 5.74) is 10.6. The maximum atomic E-state index is 4.38. The molecule has 0 radical (unpaired) electrons. The molecule has 4 heterocycles. The number of pyridine rings is 2. The summed E-state index contributed by atoms with van der Waals surface area (Å²) >= 11 is 0. The zero-order chi connectivity index (χ0) is 31.2. The summed E-state index contributed by atoms with van der Waals surface area (Å²) in [5.74, 6) is 1.40. The second kappa shape index (κ2) is 16.3. The van der Waals surface area contributed by atoms with Crippen molar-refractivity contribution >= 4 is 5.71 Å². The minimum Gasteiger partial charge on any atom is -0.261 e. The zero-order valence-electron chi connectivity index (χ0n) is 26.1. The average Bonchev–Trinajstić information content (AvgIpc) is 3.02. The summed E-state index contributed by atoms with van der Waals surface area (Å²) in [6.07, 6.45) is 14.4. The first-order valence-corrected chi connectivity index (χ1v) is 14.0. The Bertz CT molecular complexity index is 1460. The van der Waals surface area contributed by atoms with Crippen LogP contribution in [0.25, 0.3) is 22.9 Å². The predicted octanol–water partition coefficient (Wildman–Crippen LogP) is 8.20. The van der Waals surface area contributed by atoms with Crippen molar-refractivity contribution in [3.63, 3.8) is 0 Å². The molecule has 0 amide bonds. The molecule has 0 spiro atoms. The van der Waals surface area contributed by atoms with Gasteiger partial charge in [-0.15, -0.1) is 0 Å². The molecule has 0 unspecified atom stereocenters. The molecule has 0 bridgehead atoms. The lowest BCUT2D eigenvalue weighted by molar-refractivity contribution is 1.11. The van der Waals surface area contributed by atoms with Crippen LogP contribution in [0.15, 0.2) is 115 Å². The van der Waals surface area contributed by atoms with Crippen molar-refractivity contribution in [1.82, 2.24) is 29.9 Å². The highest BCUT2D eigenvalue weighted by atomic mass is 14.9. The van der Waals surface area contributed by atoms with Crippen LogP contribution in [0.2, 0.25) is 0 Å². The lowest BCUT2D eigenvalue weighted by Gasteiger charge is -1.99. The van der Waals surface area contributed by atoms with Gasteiger partial charge in [-0.05, 0) is 94.5 Å². The van der Waals surface area contributed by atoms with Crippen molar-refractivity contribution < 1.29 is 0 Å². The third-order valence-electron chi connectivity index (χ3n) is 6.13. The van der Waals surface area contributed by atoms with Gasteiger partial charge in [0.25, 0.3) is 0 Å². The van der Waals surface area contributed by atoms with E-state index in [4.69, 9.17) is 0 Å². The number of nitrogens with zero attached hydrogens (tertiary/aromatic N) is 7. The maximum absolute atomic E-state index is 4.38. The number of aliphatic imine (C=N–C) groups is 1. The summed E-state index contributed by atoms with van der Waals surface area (Å²) < 4.78 is 0. The summed E-state index contributed by atoms with van der Waals surface area (Å²) in [6.45, 7) is 17.7. The van der Waals surface area contributed by atoms with Gasteiger partial charge < -0.3 is 0 Å². The summed E-state index contributed by atoms with van der Waals surface area (Å²) in [7, 11) is 0. The molecular weight excluding hydrogens is 530 g/mol. The maximum Gasteiger partial charge on any atom is 0.178 e. The van der Waals surface area contributed by atoms with Crippen LogP contribution in [-0.2, 0) is 0 Å². The second-order valence-corrected chi connectivity index (χ2v) is 10.2. The van der Waals surface area contributed by atoms with E-state index in [1.165, 1.54) is 5.56 Å². The third-order valence-corrected chi connectivity index (χ3v) is 6.13. The van der Waals surface area contributed by atoms with Gasteiger partial charge in [0.15, 0.2) is 11.6 Å². The summed E-state index contributed by atoms with van der Waals surface area (Å²) in [5, 5.41) is 0. The Morgan fingerprint density at radius 2 is 1.14 bits per heavy atom. The molecule has 0 saturated carbocycles. The van der Waals surface area contributed by atoms with E-state index in [0.717, 1.165) is 56.3 Å². The first-order chi connectivity index (χ1) is 20.6. The Labute approximate surface area is 255 Å². The monoisotopic (exact) mass is 569 g/mol. The van der Waals surface area contributed by atoms with Crippen LogP contribution >= 0.6 is 0 Å². The van der Waals surface area contributed by atoms with Gasteiger partial charge in [-0.3, -0.25) is 15.0 Å². The molecule has 218 valence electrons. The fourth-order valence-electron chi connectivity index (χ4n) is 3.39. The highest BCUT2D eigenvalue weighted by molar-refractivity contribution is 5.99. The van der Waals surface area contributed by atoms with Crippen LogP contribution in [0.3, 0.4) is 0 Å². The Balaban J connectivity index is 0.000000177. The van der Waals surface area contributed by atoms with Crippen molar-refractivity contribution in [2.24, 2.45) is 4.99 Å². The molecule has 1 aromatic carbocycles. The lowest BCUT2D eigenvalue weighted by atomic mass is 10.1. The molecule has 43 heavy (non-hydrogen) atoms. The minimum absolute atomic E-state index is 0.676. The van der Waals surface area contributed by atoms with Gasteiger partial charge in [-0.2, -0.15) is 0 Å². The topological polar surface area (TPSA) is 89.7 Å². The van der Waals surface area contributed by atoms with Crippen LogP contribution in [0.4, 0.5) is 0 Å². The fourth-order valence-corrected chi connectivity index (χ4v) is 3.39. The number of rotatable bonds is 5. The molecule has 7 nitrogen and oxygen atoms in total. The van der Waals surface area contributed by atoms with E-state index in [9.17, 15) is 0 Å². The van der Waals surface area contributed by atoms with Crippen LogP contribution in [-0.4, -0.2) is 35.6 Å². The molecule has 4 aromatic heterocycles. The number of allylic oxidation sites excluding steroid dienone is 2. The highest BCUT2D eigenvalue weighted by Gasteiger charge is 2.01. The largest absolute Gasteiger partial charge is 0.261 e. The minimum atomic E-state index is 0.676. The molecule has 7 heteroatoms. The molecular formula is C36H39N7. The van der Waals surface area contributed by atoms with E-state index >= 15 is 0 Å². The van der Waals surface area contributed by atoms with Crippen LogP contribution in [0.1, 0.15) is 47.4 Å². The zero-order valence-corrected chi connectivity index (χ0v) is 26.1. The average molecular weight is 570 g/mol.